The van der Waals surface area contributed by atoms with Gasteiger partial charge in [-0.15, -0.1) is 0 Å². The molecule has 5 nitrogen and oxygen atoms in total. The monoisotopic (exact) mass is 313 g/mol. The van der Waals surface area contributed by atoms with E-state index in [0.29, 0.717) is 17.7 Å². The van der Waals surface area contributed by atoms with Gasteiger partial charge in [0.2, 0.25) is 0 Å². The summed E-state index contributed by atoms with van der Waals surface area (Å²) in [7, 11) is 1.73. The highest BCUT2D eigenvalue weighted by atomic mass is 16.6. The summed E-state index contributed by atoms with van der Waals surface area (Å²) in [5.74, 6) is 0.379. The Morgan fingerprint density at radius 1 is 1.35 bits per heavy atom. The first-order valence-electron chi connectivity index (χ1n) is 8.91. The summed E-state index contributed by atoms with van der Waals surface area (Å²) >= 11 is 0. The van der Waals surface area contributed by atoms with E-state index in [2.05, 4.69) is 0 Å². The second-order valence-electron chi connectivity index (χ2n) is 6.38. The van der Waals surface area contributed by atoms with Crippen LogP contribution in [0.1, 0.15) is 29.0 Å². The molecular formula is C18H18N2O3. The lowest BCUT2D eigenvalue weighted by molar-refractivity contribution is -0.385. The molecule has 2 aromatic rings. The number of ether oxygens (including phenoxy) is 1. The first kappa shape index (κ1) is 11.0. The van der Waals surface area contributed by atoms with Crippen LogP contribution >= 0.6 is 0 Å². The summed E-state index contributed by atoms with van der Waals surface area (Å²) in [6, 6.07) is 11.8. The average Bonchev–Trinajstić information content (AvgIpc) is 2.78. The fourth-order valence-electron chi connectivity index (χ4n) is 3.81. The fraction of sp³-hybridized carbons (Fsp3) is 0.333. The zero-order valence-electron chi connectivity index (χ0n) is 15.9. The summed E-state index contributed by atoms with van der Waals surface area (Å²) in [5, 5.41) is 11.1. The molecule has 2 heterocycles. The van der Waals surface area contributed by atoms with Crippen LogP contribution in [0.5, 0.6) is 5.75 Å². The number of rotatable bonds is 1. The zero-order chi connectivity index (χ0) is 18.9. The molecule has 2 aliphatic heterocycles. The van der Waals surface area contributed by atoms with Crippen molar-refractivity contribution in [1.82, 2.24) is 0 Å². The van der Waals surface area contributed by atoms with Crippen LogP contribution in [0.3, 0.4) is 0 Å². The number of hydrogen-bond donors (Lipinski definition) is 0. The van der Waals surface area contributed by atoms with Gasteiger partial charge in [-0.3, -0.25) is 10.1 Å². The fourth-order valence-corrected chi connectivity index (χ4v) is 3.81. The minimum Gasteiger partial charge on any atom is -0.467 e. The number of non-ortho nitro benzene ring substituents is 1. The van der Waals surface area contributed by atoms with Crippen molar-refractivity contribution in [2.24, 2.45) is 0 Å². The van der Waals surface area contributed by atoms with Gasteiger partial charge in [-0.1, -0.05) is 18.2 Å². The maximum absolute atomic E-state index is 11.1. The van der Waals surface area contributed by atoms with Crippen LogP contribution in [-0.4, -0.2) is 17.7 Å². The van der Waals surface area contributed by atoms with Crippen molar-refractivity contribution in [2.75, 3.05) is 11.9 Å². The van der Waals surface area contributed by atoms with E-state index in [4.69, 9.17) is 8.85 Å². The third-order valence-corrected chi connectivity index (χ3v) is 5.14. The average molecular weight is 313 g/mol. The van der Waals surface area contributed by atoms with Crippen molar-refractivity contribution in [2.45, 2.75) is 31.3 Å². The van der Waals surface area contributed by atoms with Crippen molar-refractivity contribution < 1.29 is 13.8 Å². The molecule has 0 radical (unpaired) electrons. The SMILES string of the molecule is [2H]C([2H])([2H])C12Oc3ccc([N+](=O)[O-])cc3CC1(C)c1ccccc1N2C. The van der Waals surface area contributed by atoms with Gasteiger partial charge in [-0.25, -0.2) is 0 Å². The van der Waals surface area contributed by atoms with Gasteiger partial charge >= 0.3 is 0 Å². The lowest BCUT2D eigenvalue weighted by Crippen LogP contribution is -2.60. The second kappa shape index (κ2) is 4.25. The van der Waals surface area contributed by atoms with Crippen LogP contribution in [0, 0.1) is 10.1 Å². The van der Waals surface area contributed by atoms with Gasteiger partial charge < -0.3 is 9.64 Å². The van der Waals surface area contributed by atoms with Gasteiger partial charge in [-0.05, 0) is 37.9 Å². The molecule has 0 N–H and O–H groups in total. The summed E-state index contributed by atoms with van der Waals surface area (Å²) in [6.07, 6.45) is 0.337. The minimum absolute atomic E-state index is 0.0306. The molecule has 0 spiro atoms. The number of nitro benzene ring substituents is 1. The molecule has 118 valence electrons. The van der Waals surface area contributed by atoms with E-state index in [-0.39, 0.29) is 5.69 Å². The number of nitro groups is 1. The predicted molar refractivity (Wildman–Crippen MR) is 88.0 cm³/mol. The largest absolute Gasteiger partial charge is 0.467 e. The quantitative estimate of drug-likeness (QED) is 0.595. The Morgan fingerprint density at radius 2 is 2.13 bits per heavy atom. The molecule has 23 heavy (non-hydrogen) atoms. The minimum atomic E-state index is -2.44. The van der Waals surface area contributed by atoms with E-state index in [9.17, 15) is 10.1 Å². The van der Waals surface area contributed by atoms with Gasteiger partial charge in [0.1, 0.15) is 5.75 Å². The Bertz CT molecular complexity index is 930. The predicted octanol–water partition coefficient (Wildman–Crippen LogP) is 3.65. The Balaban J connectivity index is 1.99. The third kappa shape index (κ3) is 1.62. The van der Waals surface area contributed by atoms with Gasteiger partial charge in [0.25, 0.3) is 5.69 Å². The Hall–Kier alpha value is -2.56. The summed E-state index contributed by atoms with van der Waals surface area (Å²) < 4.78 is 31.0. The lowest BCUT2D eigenvalue weighted by atomic mass is 9.70. The molecule has 0 bridgehead atoms. The molecule has 2 aliphatic rings. The molecule has 0 fully saturated rings. The molecular weight excluding hydrogens is 292 g/mol. The number of benzene rings is 2. The van der Waals surface area contributed by atoms with Crippen molar-refractivity contribution in [1.29, 1.82) is 0 Å². The van der Waals surface area contributed by atoms with Gasteiger partial charge in [0.05, 0.1) is 10.3 Å². The van der Waals surface area contributed by atoms with E-state index < -0.39 is 22.9 Å². The first-order valence-corrected chi connectivity index (χ1v) is 7.41. The summed E-state index contributed by atoms with van der Waals surface area (Å²) in [6.45, 7) is -0.571. The van der Waals surface area contributed by atoms with Crippen LogP contribution in [0.4, 0.5) is 11.4 Å². The molecule has 0 aromatic heterocycles. The van der Waals surface area contributed by atoms with E-state index in [1.165, 1.54) is 18.2 Å². The molecule has 2 aromatic carbocycles. The van der Waals surface area contributed by atoms with E-state index in [0.717, 1.165) is 11.3 Å². The zero-order valence-corrected chi connectivity index (χ0v) is 12.9. The molecule has 0 saturated heterocycles. The number of likely N-dealkylation sites (N-methyl/N-ethyl adjacent to an activating group) is 1. The van der Waals surface area contributed by atoms with Gasteiger partial charge in [0.15, 0.2) is 5.72 Å². The number of nitrogens with zero attached hydrogens (tertiary/aromatic N) is 2. The van der Waals surface area contributed by atoms with Crippen molar-refractivity contribution in [3.8, 4) is 5.75 Å². The van der Waals surface area contributed by atoms with Crippen molar-refractivity contribution in [3.63, 3.8) is 0 Å². The van der Waals surface area contributed by atoms with Crippen LogP contribution in [0.15, 0.2) is 42.5 Å². The Labute approximate surface area is 138 Å². The molecule has 0 amide bonds. The lowest BCUT2D eigenvalue weighted by Gasteiger charge is -2.48. The number of fused-ring (bicyclic) bond motifs is 4. The van der Waals surface area contributed by atoms with Crippen LogP contribution < -0.4 is 9.64 Å². The van der Waals surface area contributed by atoms with Crippen LogP contribution in [0.2, 0.25) is 0 Å². The smallest absolute Gasteiger partial charge is 0.269 e. The molecule has 4 rings (SSSR count). The third-order valence-electron chi connectivity index (χ3n) is 5.14. The van der Waals surface area contributed by atoms with E-state index >= 15 is 0 Å². The highest BCUT2D eigenvalue weighted by molar-refractivity contribution is 5.67. The molecule has 0 saturated carbocycles. The van der Waals surface area contributed by atoms with Gasteiger partial charge in [-0.2, -0.15) is 0 Å². The normalized spacial score (nSPS) is 30.2. The number of para-hydroxylation sites is 1. The standard InChI is InChI=1S/C18H18N2O3/c1-17-11-12-10-13(20(21)22)8-9-16(12)23-18(17,2)19(3)15-7-5-4-6-14(15)17/h4-10H,11H2,1-3H3/i2D3. The van der Waals surface area contributed by atoms with Crippen LogP contribution in [-0.2, 0) is 11.8 Å². The second-order valence-corrected chi connectivity index (χ2v) is 6.38. The summed E-state index contributed by atoms with van der Waals surface area (Å²) in [5.41, 5.74) is -0.175. The number of hydrogen-bond acceptors (Lipinski definition) is 4. The molecule has 2 atom stereocenters. The van der Waals surface area contributed by atoms with Gasteiger partial charge in [0, 0.05) is 34.5 Å². The topological polar surface area (TPSA) is 55.6 Å². The van der Waals surface area contributed by atoms with E-state index in [1.807, 2.05) is 31.2 Å². The Morgan fingerprint density at radius 3 is 2.87 bits per heavy atom. The highest BCUT2D eigenvalue weighted by Crippen LogP contribution is 2.56. The Kier molecular flexibility index (Phi) is 2.04. The molecule has 2 unspecified atom stereocenters. The summed E-state index contributed by atoms with van der Waals surface area (Å²) in [4.78, 5) is 12.4. The molecule has 5 heteroatoms. The van der Waals surface area contributed by atoms with Crippen molar-refractivity contribution >= 4 is 11.4 Å². The number of anilines is 1. The highest BCUT2D eigenvalue weighted by Gasteiger charge is 2.59. The maximum atomic E-state index is 11.1. The molecule has 0 aliphatic carbocycles. The van der Waals surface area contributed by atoms with Crippen molar-refractivity contribution in [3.05, 3.63) is 63.7 Å². The van der Waals surface area contributed by atoms with E-state index in [1.54, 1.807) is 11.9 Å². The first-order chi connectivity index (χ1) is 12.1. The van der Waals surface area contributed by atoms with Crippen LogP contribution in [0.25, 0.3) is 0 Å². The maximum Gasteiger partial charge on any atom is 0.269 e.